The number of anilines is 1. The van der Waals surface area contributed by atoms with Gasteiger partial charge in [0.1, 0.15) is 5.69 Å². The van der Waals surface area contributed by atoms with Crippen LogP contribution < -0.4 is 4.90 Å². The van der Waals surface area contributed by atoms with Gasteiger partial charge in [-0.3, -0.25) is 20.0 Å². The lowest BCUT2D eigenvalue weighted by atomic mass is 10.1. The minimum Gasteiger partial charge on any atom is -0.363 e. The summed E-state index contributed by atoms with van der Waals surface area (Å²) in [6.07, 6.45) is 4.64. The number of nitrogens with zero attached hydrogens (tertiary/aromatic N) is 4. The molecule has 0 aliphatic carbocycles. The predicted octanol–water partition coefficient (Wildman–Crippen LogP) is 2.28. The fourth-order valence-corrected chi connectivity index (χ4v) is 3.97. The van der Waals surface area contributed by atoms with Gasteiger partial charge in [-0.05, 0) is 30.7 Å². The first kappa shape index (κ1) is 19.2. The zero-order chi connectivity index (χ0) is 19.6. The molecule has 1 atom stereocenters. The molecule has 1 saturated heterocycles. The van der Waals surface area contributed by atoms with Crippen LogP contribution in [0.4, 0.5) is 11.4 Å². The van der Waals surface area contributed by atoms with Crippen molar-refractivity contribution in [1.29, 1.82) is 0 Å². The molecule has 1 aromatic heterocycles. The van der Waals surface area contributed by atoms with Crippen LogP contribution in [0.25, 0.3) is 0 Å². The Morgan fingerprint density at radius 3 is 2.44 bits per heavy atom. The summed E-state index contributed by atoms with van der Waals surface area (Å²) in [7, 11) is -3.49. The van der Waals surface area contributed by atoms with Gasteiger partial charge >= 0.3 is 0 Å². The van der Waals surface area contributed by atoms with Crippen LogP contribution in [0.1, 0.15) is 18.5 Å². The Hall–Kier alpha value is -2.52. The highest BCUT2D eigenvalue weighted by atomic mass is 32.2. The highest BCUT2D eigenvalue weighted by Crippen LogP contribution is 2.32. The van der Waals surface area contributed by atoms with Crippen molar-refractivity contribution in [3.8, 4) is 0 Å². The van der Waals surface area contributed by atoms with Crippen molar-refractivity contribution in [2.24, 2.45) is 0 Å². The van der Waals surface area contributed by atoms with Crippen LogP contribution in [0.5, 0.6) is 0 Å². The molecule has 0 N–H and O–H groups in total. The number of benzene rings is 1. The Morgan fingerprint density at radius 1 is 1.19 bits per heavy atom. The van der Waals surface area contributed by atoms with Crippen LogP contribution in [0.15, 0.2) is 47.6 Å². The van der Waals surface area contributed by atoms with Crippen LogP contribution in [-0.2, 0) is 9.84 Å². The summed E-state index contributed by atoms with van der Waals surface area (Å²) in [5.74, 6) is 0. The van der Waals surface area contributed by atoms with E-state index >= 15 is 0 Å². The van der Waals surface area contributed by atoms with E-state index in [0.29, 0.717) is 18.8 Å². The maximum Gasteiger partial charge on any atom is 0.293 e. The van der Waals surface area contributed by atoms with Crippen molar-refractivity contribution in [3.63, 3.8) is 0 Å². The molecule has 27 heavy (non-hydrogen) atoms. The first-order valence-corrected chi connectivity index (χ1v) is 10.5. The van der Waals surface area contributed by atoms with E-state index in [-0.39, 0.29) is 16.6 Å². The largest absolute Gasteiger partial charge is 0.363 e. The van der Waals surface area contributed by atoms with Crippen LogP contribution in [0, 0.1) is 10.1 Å². The second-order valence-electron chi connectivity index (χ2n) is 6.67. The molecular weight excluding hydrogens is 368 g/mol. The van der Waals surface area contributed by atoms with Crippen LogP contribution >= 0.6 is 0 Å². The molecule has 1 aliphatic heterocycles. The second kappa shape index (κ2) is 7.61. The van der Waals surface area contributed by atoms with Crippen molar-refractivity contribution < 1.29 is 13.3 Å². The summed E-state index contributed by atoms with van der Waals surface area (Å²) >= 11 is 0. The molecule has 1 aromatic carbocycles. The third kappa shape index (κ3) is 4.25. The van der Waals surface area contributed by atoms with Gasteiger partial charge in [-0.1, -0.05) is 6.07 Å². The molecule has 1 aliphatic rings. The second-order valence-corrected chi connectivity index (χ2v) is 8.68. The molecule has 1 fully saturated rings. The SMILES string of the molecule is CC(c1cccnc1)N1CCN(c2ccc(S(C)(=O)=O)cc2[N+](=O)[O-])CC1. The fraction of sp³-hybridized carbons (Fsp3) is 0.389. The lowest BCUT2D eigenvalue weighted by Gasteiger charge is -2.39. The Kier molecular flexibility index (Phi) is 5.43. The van der Waals surface area contributed by atoms with E-state index in [4.69, 9.17) is 0 Å². The van der Waals surface area contributed by atoms with E-state index in [9.17, 15) is 18.5 Å². The molecule has 8 nitrogen and oxygen atoms in total. The zero-order valence-corrected chi connectivity index (χ0v) is 16.1. The lowest BCUT2D eigenvalue weighted by molar-refractivity contribution is -0.384. The lowest BCUT2D eigenvalue weighted by Crippen LogP contribution is -2.47. The minimum absolute atomic E-state index is 0.0400. The van der Waals surface area contributed by atoms with Gasteiger partial charge in [0, 0.05) is 56.9 Å². The highest BCUT2D eigenvalue weighted by molar-refractivity contribution is 7.90. The normalized spacial score (nSPS) is 16.9. The van der Waals surface area contributed by atoms with Crippen LogP contribution in [-0.4, -0.2) is 55.7 Å². The van der Waals surface area contributed by atoms with Crippen molar-refractivity contribution in [2.45, 2.75) is 17.9 Å². The Bertz CT molecular complexity index is 926. The first-order chi connectivity index (χ1) is 12.8. The zero-order valence-electron chi connectivity index (χ0n) is 15.3. The van der Waals surface area contributed by atoms with E-state index in [1.807, 2.05) is 23.2 Å². The predicted molar refractivity (Wildman–Crippen MR) is 103 cm³/mol. The molecule has 0 amide bonds. The number of sulfone groups is 1. The molecule has 9 heteroatoms. The van der Waals surface area contributed by atoms with E-state index in [1.54, 1.807) is 6.20 Å². The first-order valence-electron chi connectivity index (χ1n) is 8.65. The number of pyridine rings is 1. The van der Waals surface area contributed by atoms with Gasteiger partial charge in [-0.25, -0.2) is 8.42 Å². The maximum absolute atomic E-state index is 11.7. The molecule has 2 aromatic rings. The summed E-state index contributed by atoms with van der Waals surface area (Å²) < 4.78 is 23.4. The van der Waals surface area contributed by atoms with Crippen molar-refractivity contribution in [2.75, 3.05) is 37.3 Å². The van der Waals surface area contributed by atoms with Crippen molar-refractivity contribution in [1.82, 2.24) is 9.88 Å². The molecular formula is C18H22N4O4S. The van der Waals surface area contributed by atoms with E-state index in [0.717, 1.165) is 31.0 Å². The Balaban J connectivity index is 1.77. The van der Waals surface area contributed by atoms with E-state index in [1.165, 1.54) is 12.1 Å². The summed E-state index contributed by atoms with van der Waals surface area (Å²) in [5.41, 5.74) is 1.42. The van der Waals surface area contributed by atoms with Gasteiger partial charge in [0.25, 0.3) is 5.69 Å². The smallest absolute Gasteiger partial charge is 0.293 e. The highest BCUT2D eigenvalue weighted by Gasteiger charge is 2.27. The number of nitro groups is 1. The van der Waals surface area contributed by atoms with E-state index in [2.05, 4.69) is 16.8 Å². The average Bonchev–Trinajstić information content (AvgIpc) is 2.67. The third-order valence-corrected chi connectivity index (χ3v) is 6.05. The van der Waals surface area contributed by atoms with E-state index < -0.39 is 14.8 Å². The van der Waals surface area contributed by atoms with Gasteiger partial charge in [0.15, 0.2) is 9.84 Å². The van der Waals surface area contributed by atoms with Gasteiger partial charge in [-0.2, -0.15) is 0 Å². The Labute approximate surface area is 158 Å². The molecule has 0 saturated carbocycles. The topological polar surface area (TPSA) is 96.7 Å². The number of piperazine rings is 1. The number of nitro benzene ring substituents is 1. The minimum atomic E-state index is -3.49. The molecule has 0 radical (unpaired) electrons. The number of hydrogen-bond acceptors (Lipinski definition) is 7. The molecule has 2 heterocycles. The van der Waals surface area contributed by atoms with Crippen molar-refractivity contribution in [3.05, 3.63) is 58.4 Å². The summed E-state index contributed by atoms with van der Waals surface area (Å²) in [4.78, 5) is 19.3. The number of aromatic nitrogens is 1. The number of hydrogen-bond donors (Lipinski definition) is 0. The van der Waals surface area contributed by atoms with Crippen LogP contribution in [0.3, 0.4) is 0 Å². The molecule has 1 unspecified atom stereocenters. The summed E-state index contributed by atoms with van der Waals surface area (Å²) in [6.45, 7) is 4.88. The van der Waals surface area contributed by atoms with Gasteiger partial charge < -0.3 is 4.90 Å². The third-order valence-electron chi connectivity index (χ3n) is 4.94. The summed E-state index contributed by atoms with van der Waals surface area (Å²) in [6, 6.07) is 8.28. The van der Waals surface area contributed by atoms with Gasteiger partial charge in [-0.15, -0.1) is 0 Å². The Morgan fingerprint density at radius 2 is 1.89 bits per heavy atom. The fourth-order valence-electron chi connectivity index (χ4n) is 3.33. The van der Waals surface area contributed by atoms with Crippen LogP contribution in [0.2, 0.25) is 0 Å². The molecule has 144 valence electrons. The maximum atomic E-state index is 11.7. The quantitative estimate of drug-likeness (QED) is 0.571. The summed E-state index contributed by atoms with van der Waals surface area (Å²) in [5, 5.41) is 11.5. The van der Waals surface area contributed by atoms with Gasteiger partial charge in [0.05, 0.1) is 9.82 Å². The number of rotatable bonds is 5. The average molecular weight is 390 g/mol. The molecule has 3 rings (SSSR count). The molecule has 0 bridgehead atoms. The van der Waals surface area contributed by atoms with Gasteiger partial charge in [0.2, 0.25) is 0 Å². The van der Waals surface area contributed by atoms with Crippen molar-refractivity contribution >= 4 is 21.2 Å². The monoisotopic (exact) mass is 390 g/mol. The molecule has 0 spiro atoms. The standard InChI is InChI=1S/C18H22N4O4S/c1-14(15-4-3-7-19-13-15)20-8-10-21(11-9-20)17-6-5-16(27(2,25)26)12-18(17)22(23)24/h3-7,12-14H,8-11H2,1-2H3.